The number of aliphatic carboxylic acids is 1. The summed E-state index contributed by atoms with van der Waals surface area (Å²) in [6.07, 6.45) is 0.471. The van der Waals surface area contributed by atoms with E-state index in [1.54, 1.807) is 6.07 Å². The Kier molecular flexibility index (Phi) is 4.81. The quantitative estimate of drug-likeness (QED) is 0.913. The minimum absolute atomic E-state index is 0.0946. The monoisotopic (exact) mass is 304 g/mol. The van der Waals surface area contributed by atoms with Crippen LogP contribution in [0.1, 0.15) is 19.4 Å². The second-order valence-electron chi connectivity index (χ2n) is 4.13. The molecular formula is C12H14BrClO2. The van der Waals surface area contributed by atoms with Gasteiger partial charge in [-0.3, -0.25) is 4.79 Å². The normalized spacial score (nSPS) is 12.8. The SMILES string of the molecule is CC(C)C(Cc1ccc(Br)cc1Cl)C(=O)O. The average Bonchev–Trinajstić information content (AvgIpc) is 2.15. The standard InChI is InChI=1S/C12H14BrClO2/c1-7(2)10(12(15)16)5-8-3-4-9(13)6-11(8)14/h3-4,6-7,10H,5H2,1-2H3,(H,15,16). The molecule has 0 saturated heterocycles. The predicted octanol–water partition coefficient (Wildman–Crippen LogP) is 4.00. The van der Waals surface area contributed by atoms with Gasteiger partial charge < -0.3 is 5.11 Å². The maximum Gasteiger partial charge on any atom is 0.307 e. The zero-order chi connectivity index (χ0) is 12.3. The van der Waals surface area contributed by atoms with Crippen LogP contribution in [-0.4, -0.2) is 11.1 Å². The van der Waals surface area contributed by atoms with Crippen LogP contribution in [0.2, 0.25) is 5.02 Å². The largest absolute Gasteiger partial charge is 0.481 e. The number of carbonyl (C=O) groups is 1. The lowest BCUT2D eigenvalue weighted by molar-refractivity contribution is -0.143. The van der Waals surface area contributed by atoms with Gasteiger partial charge in [0.15, 0.2) is 0 Å². The highest BCUT2D eigenvalue weighted by molar-refractivity contribution is 9.10. The van der Waals surface area contributed by atoms with E-state index < -0.39 is 11.9 Å². The summed E-state index contributed by atoms with van der Waals surface area (Å²) in [5.41, 5.74) is 0.881. The molecule has 1 rings (SSSR count). The average molecular weight is 306 g/mol. The molecule has 0 aromatic heterocycles. The molecule has 2 nitrogen and oxygen atoms in total. The second kappa shape index (κ2) is 5.69. The van der Waals surface area contributed by atoms with E-state index in [2.05, 4.69) is 15.9 Å². The van der Waals surface area contributed by atoms with Gasteiger partial charge >= 0.3 is 5.97 Å². The van der Waals surface area contributed by atoms with Crippen LogP contribution < -0.4 is 0 Å². The van der Waals surface area contributed by atoms with Gasteiger partial charge in [0.2, 0.25) is 0 Å². The van der Waals surface area contributed by atoms with Crippen molar-refractivity contribution in [3.8, 4) is 0 Å². The molecular weight excluding hydrogens is 291 g/mol. The second-order valence-corrected chi connectivity index (χ2v) is 5.45. The Labute approximate surface area is 109 Å². The molecule has 16 heavy (non-hydrogen) atoms. The Morgan fingerprint density at radius 1 is 1.50 bits per heavy atom. The Balaban J connectivity index is 2.90. The lowest BCUT2D eigenvalue weighted by Crippen LogP contribution is -2.22. The van der Waals surface area contributed by atoms with Crippen LogP contribution >= 0.6 is 27.5 Å². The molecule has 0 aliphatic carbocycles. The fourth-order valence-electron chi connectivity index (χ4n) is 1.53. The van der Waals surface area contributed by atoms with Crippen LogP contribution in [0.5, 0.6) is 0 Å². The molecule has 0 aliphatic heterocycles. The first-order chi connectivity index (χ1) is 7.41. The van der Waals surface area contributed by atoms with Gasteiger partial charge in [-0.25, -0.2) is 0 Å². The Bertz CT molecular complexity index is 391. The van der Waals surface area contributed by atoms with Gasteiger partial charge in [-0.1, -0.05) is 47.4 Å². The van der Waals surface area contributed by atoms with Crippen molar-refractivity contribution < 1.29 is 9.90 Å². The van der Waals surface area contributed by atoms with Crippen LogP contribution in [0.3, 0.4) is 0 Å². The van der Waals surface area contributed by atoms with Gasteiger partial charge in [0.25, 0.3) is 0 Å². The number of benzene rings is 1. The third-order valence-corrected chi connectivity index (χ3v) is 3.42. The van der Waals surface area contributed by atoms with Crippen molar-refractivity contribution in [2.75, 3.05) is 0 Å². The topological polar surface area (TPSA) is 37.3 Å². The summed E-state index contributed by atoms with van der Waals surface area (Å²) in [4.78, 5) is 11.1. The van der Waals surface area contributed by atoms with Crippen LogP contribution in [0.15, 0.2) is 22.7 Å². The van der Waals surface area contributed by atoms with Crippen molar-refractivity contribution in [1.82, 2.24) is 0 Å². The highest BCUT2D eigenvalue weighted by Crippen LogP contribution is 2.26. The van der Waals surface area contributed by atoms with Crippen molar-refractivity contribution in [2.45, 2.75) is 20.3 Å². The summed E-state index contributed by atoms with van der Waals surface area (Å²) in [6, 6.07) is 5.53. The first-order valence-electron chi connectivity index (χ1n) is 5.08. The van der Waals surface area contributed by atoms with E-state index in [0.717, 1.165) is 10.0 Å². The van der Waals surface area contributed by atoms with Crippen LogP contribution in [0, 0.1) is 11.8 Å². The molecule has 1 aromatic rings. The molecule has 88 valence electrons. The van der Waals surface area contributed by atoms with E-state index in [1.807, 2.05) is 26.0 Å². The van der Waals surface area contributed by atoms with Crippen molar-refractivity contribution in [2.24, 2.45) is 11.8 Å². The lowest BCUT2D eigenvalue weighted by Gasteiger charge is -2.16. The first-order valence-corrected chi connectivity index (χ1v) is 6.25. The fraction of sp³-hybridized carbons (Fsp3) is 0.417. The number of hydrogen-bond acceptors (Lipinski definition) is 1. The molecule has 1 N–H and O–H groups in total. The minimum Gasteiger partial charge on any atom is -0.481 e. The maximum atomic E-state index is 11.1. The van der Waals surface area contributed by atoms with E-state index in [-0.39, 0.29) is 5.92 Å². The molecule has 0 heterocycles. The number of rotatable bonds is 4. The summed E-state index contributed by atoms with van der Waals surface area (Å²) >= 11 is 9.38. The van der Waals surface area contributed by atoms with E-state index in [0.29, 0.717) is 11.4 Å². The molecule has 0 fully saturated rings. The Morgan fingerprint density at radius 2 is 2.12 bits per heavy atom. The molecule has 0 bridgehead atoms. The number of halogens is 2. The van der Waals surface area contributed by atoms with Crippen molar-refractivity contribution >= 4 is 33.5 Å². The predicted molar refractivity (Wildman–Crippen MR) is 68.8 cm³/mol. The number of carboxylic acid groups (broad SMARTS) is 1. The summed E-state index contributed by atoms with van der Waals surface area (Å²) in [5, 5.41) is 9.71. The van der Waals surface area contributed by atoms with Crippen LogP contribution in [-0.2, 0) is 11.2 Å². The van der Waals surface area contributed by atoms with Gasteiger partial charge in [-0.15, -0.1) is 0 Å². The van der Waals surface area contributed by atoms with Gasteiger partial charge in [0.1, 0.15) is 0 Å². The number of hydrogen-bond donors (Lipinski definition) is 1. The number of carboxylic acids is 1. The van der Waals surface area contributed by atoms with Gasteiger partial charge in [-0.05, 0) is 30.0 Å². The van der Waals surface area contributed by atoms with Gasteiger partial charge in [-0.2, -0.15) is 0 Å². The third-order valence-electron chi connectivity index (χ3n) is 2.58. The highest BCUT2D eigenvalue weighted by Gasteiger charge is 2.22. The Morgan fingerprint density at radius 3 is 2.56 bits per heavy atom. The van der Waals surface area contributed by atoms with Crippen molar-refractivity contribution in [1.29, 1.82) is 0 Å². The first kappa shape index (κ1) is 13.5. The molecule has 1 aromatic carbocycles. The van der Waals surface area contributed by atoms with E-state index in [1.165, 1.54) is 0 Å². The summed E-state index contributed by atoms with van der Waals surface area (Å²) in [5.74, 6) is -1.06. The molecule has 0 saturated carbocycles. The van der Waals surface area contributed by atoms with Crippen LogP contribution in [0.4, 0.5) is 0 Å². The lowest BCUT2D eigenvalue weighted by atomic mass is 9.89. The minimum atomic E-state index is -0.769. The summed E-state index contributed by atoms with van der Waals surface area (Å²) in [6.45, 7) is 3.82. The van der Waals surface area contributed by atoms with Gasteiger partial charge in [0.05, 0.1) is 5.92 Å². The van der Waals surface area contributed by atoms with E-state index in [9.17, 15) is 4.79 Å². The Hall–Kier alpha value is -0.540. The van der Waals surface area contributed by atoms with Gasteiger partial charge in [0, 0.05) is 9.50 Å². The zero-order valence-electron chi connectivity index (χ0n) is 9.21. The van der Waals surface area contributed by atoms with Crippen molar-refractivity contribution in [3.05, 3.63) is 33.3 Å². The van der Waals surface area contributed by atoms with E-state index in [4.69, 9.17) is 16.7 Å². The molecule has 1 atom stereocenters. The maximum absolute atomic E-state index is 11.1. The molecule has 1 unspecified atom stereocenters. The molecule has 0 radical (unpaired) electrons. The fourth-order valence-corrected chi connectivity index (χ4v) is 2.28. The molecule has 0 aliphatic rings. The highest BCUT2D eigenvalue weighted by atomic mass is 79.9. The molecule has 0 amide bonds. The van der Waals surface area contributed by atoms with Crippen LogP contribution in [0.25, 0.3) is 0 Å². The molecule has 4 heteroatoms. The smallest absolute Gasteiger partial charge is 0.307 e. The third kappa shape index (κ3) is 3.49. The molecule has 0 spiro atoms. The summed E-state index contributed by atoms with van der Waals surface area (Å²) in [7, 11) is 0. The zero-order valence-corrected chi connectivity index (χ0v) is 11.5. The van der Waals surface area contributed by atoms with E-state index >= 15 is 0 Å². The summed E-state index contributed by atoms with van der Waals surface area (Å²) < 4.78 is 0.901. The van der Waals surface area contributed by atoms with Crippen molar-refractivity contribution in [3.63, 3.8) is 0 Å².